The highest BCUT2D eigenvalue weighted by atomic mass is 35.5. The van der Waals surface area contributed by atoms with E-state index < -0.39 is 17.8 Å². The molecule has 1 aromatic heterocycles. The molecule has 2 amide bonds. The predicted octanol–water partition coefficient (Wildman–Crippen LogP) is 2.61. The van der Waals surface area contributed by atoms with Gasteiger partial charge in [-0.05, 0) is 36.8 Å². The van der Waals surface area contributed by atoms with Gasteiger partial charge in [-0.1, -0.05) is 11.6 Å². The molecule has 2 aromatic rings. The highest BCUT2D eigenvalue weighted by Gasteiger charge is 2.24. The summed E-state index contributed by atoms with van der Waals surface area (Å²) in [5.74, 6) is -1.40. The molecule has 0 saturated heterocycles. The van der Waals surface area contributed by atoms with Crippen molar-refractivity contribution in [2.24, 2.45) is 5.73 Å². The van der Waals surface area contributed by atoms with Crippen molar-refractivity contribution in [2.45, 2.75) is 6.92 Å². The van der Waals surface area contributed by atoms with Crippen LogP contribution >= 0.6 is 22.9 Å². The lowest BCUT2D eigenvalue weighted by molar-refractivity contribution is -0.118. The topological polar surface area (TPSA) is 108 Å². The monoisotopic (exact) mass is 382 g/mol. The predicted molar refractivity (Wildman–Crippen MR) is 94.5 cm³/mol. The molecule has 0 atom stereocenters. The largest absolute Gasteiger partial charge is 0.484 e. The molecule has 7 nitrogen and oxygen atoms in total. The number of anilines is 1. The summed E-state index contributed by atoms with van der Waals surface area (Å²) in [6.45, 7) is 1.27. The number of amides is 2. The second kappa shape index (κ2) is 8.00. The molecule has 0 spiro atoms. The summed E-state index contributed by atoms with van der Waals surface area (Å²) < 4.78 is 9.98. The summed E-state index contributed by atoms with van der Waals surface area (Å²) in [7, 11) is 1.23. The van der Waals surface area contributed by atoms with Gasteiger partial charge in [0.05, 0.1) is 12.7 Å². The van der Waals surface area contributed by atoms with Crippen molar-refractivity contribution in [3.8, 4) is 5.75 Å². The van der Waals surface area contributed by atoms with Gasteiger partial charge in [-0.2, -0.15) is 0 Å². The normalized spacial score (nSPS) is 10.2. The van der Waals surface area contributed by atoms with Crippen LogP contribution < -0.4 is 15.8 Å². The first-order valence-electron chi connectivity index (χ1n) is 7.03. The summed E-state index contributed by atoms with van der Waals surface area (Å²) in [6.07, 6.45) is 0. The first kappa shape index (κ1) is 18.8. The fourth-order valence-electron chi connectivity index (χ4n) is 2.03. The Morgan fingerprint density at radius 1 is 1.24 bits per heavy atom. The summed E-state index contributed by atoms with van der Waals surface area (Å²) in [5.41, 5.74) is 5.78. The fourth-order valence-corrected chi connectivity index (χ4v) is 3.30. The molecule has 1 heterocycles. The van der Waals surface area contributed by atoms with E-state index in [2.05, 4.69) is 10.1 Å². The van der Waals surface area contributed by atoms with E-state index in [1.165, 1.54) is 7.11 Å². The van der Waals surface area contributed by atoms with Gasteiger partial charge in [-0.15, -0.1) is 11.3 Å². The van der Waals surface area contributed by atoms with Crippen LogP contribution in [0.15, 0.2) is 24.3 Å². The average molecular weight is 383 g/mol. The molecule has 0 aliphatic heterocycles. The van der Waals surface area contributed by atoms with Gasteiger partial charge < -0.3 is 20.5 Å². The standard InChI is InChI=1S/C16H15ClN2O5S/c1-8-12(14(18)21)15(25-13(8)16(22)23-2)19-11(20)7-24-10-5-3-9(17)4-6-10/h3-6H,7H2,1-2H3,(H2,18,21)(H,19,20). The van der Waals surface area contributed by atoms with E-state index in [1.807, 2.05) is 0 Å². The van der Waals surface area contributed by atoms with Crippen molar-refractivity contribution in [3.63, 3.8) is 0 Å². The second-order valence-corrected chi connectivity index (χ2v) is 6.36. The molecule has 0 radical (unpaired) electrons. The third kappa shape index (κ3) is 4.49. The van der Waals surface area contributed by atoms with Crippen molar-refractivity contribution in [3.05, 3.63) is 45.3 Å². The smallest absolute Gasteiger partial charge is 0.348 e. The minimum atomic E-state index is -0.752. The molecule has 25 heavy (non-hydrogen) atoms. The van der Waals surface area contributed by atoms with E-state index in [0.29, 0.717) is 16.3 Å². The maximum absolute atomic E-state index is 12.1. The number of nitrogens with one attached hydrogen (secondary N) is 1. The molecular weight excluding hydrogens is 368 g/mol. The van der Waals surface area contributed by atoms with Crippen LogP contribution in [0.25, 0.3) is 0 Å². The molecule has 0 unspecified atom stereocenters. The summed E-state index contributed by atoms with van der Waals surface area (Å²) in [5, 5.41) is 3.26. The zero-order chi connectivity index (χ0) is 18.6. The van der Waals surface area contributed by atoms with Gasteiger partial charge in [-0.3, -0.25) is 9.59 Å². The number of primary amides is 1. The van der Waals surface area contributed by atoms with Crippen LogP contribution in [-0.4, -0.2) is 31.5 Å². The zero-order valence-corrected chi connectivity index (χ0v) is 15.0. The van der Waals surface area contributed by atoms with Crippen LogP contribution in [-0.2, 0) is 9.53 Å². The Kier molecular flexibility index (Phi) is 6.00. The number of esters is 1. The maximum Gasteiger partial charge on any atom is 0.348 e. The number of rotatable bonds is 6. The Balaban J connectivity index is 2.12. The maximum atomic E-state index is 12.1. The first-order chi connectivity index (χ1) is 11.8. The molecular formula is C16H15ClN2O5S. The number of methoxy groups -OCH3 is 1. The van der Waals surface area contributed by atoms with Crippen molar-refractivity contribution in [2.75, 3.05) is 19.0 Å². The second-order valence-electron chi connectivity index (χ2n) is 4.91. The van der Waals surface area contributed by atoms with Crippen LogP contribution in [0.3, 0.4) is 0 Å². The first-order valence-corrected chi connectivity index (χ1v) is 8.22. The number of hydrogen-bond acceptors (Lipinski definition) is 6. The Labute approximate surface area is 152 Å². The zero-order valence-electron chi connectivity index (χ0n) is 13.4. The van der Waals surface area contributed by atoms with Gasteiger partial charge in [0.1, 0.15) is 15.6 Å². The van der Waals surface area contributed by atoms with E-state index in [0.717, 1.165) is 11.3 Å². The molecule has 0 fully saturated rings. The van der Waals surface area contributed by atoms with Crippen LogP contribution in [0.4, 0.5) is 5.00 Å². The third-order valence-electron chi connectivity index (χ3n) is 3.20. The SMILES string of the molecule is COC(=O)c1sc(NC(=O)COc2ccc(Cl)cc2)c(C(N)=O)c1C. The molecule has 132 valence electrons. The molecule has 9 heteroatoms. The number of ether oxygens (including phenoxy) is 2. The molecule has 2 rings (SSSR count). The Morgan fingerprint density at radius 2 is 1.88 bits per heavy atom. The summed E-state index contributed by atoms with van der Waals surface area (Å²) >= 11 is 6.69. The molecule has 1 aromatic carbocycles. The third-order valence-corrected chi connectivity index (χ3v) is 4.64. The number of carbonyl (C=O) groups excluding carboxylic acids is 3. The van der Waals surface area contributed by atoms with Crippen LogP contribution in [0.2, 0.25) is 5.02 Å². The summed E-state index contributed by atoms with van der Waals surface area (Å²) in [4.78, 5) is 35.6. The number of nitrogens with two attached hydrogens (primary N) is 1. The van der Waals surface area contributed by atoms with E-state index in [4.69, 9.17) is 22.1 Å². The van der Waals surface area contributed by atoms with Gasteiger partial charge >= 0.3 is 5.97 Å². The van der Waals surface area contributed by atoms with Crippen molar-refractivity contribution in [1.29, 1.82) is 0 Å². The van der Waals surface area contributed by atoms with Gasteiger partial charge in [0, 0.05) is 5.02 Å². The number of carbonyl (C=O) groups is 3. The minimum Gasteiger partial charge on any atom is -0.484 e. The number of hydrogen-bond donors (Lipinski definition) is 2. The van der Waals surface area contributed by atoms with E-state index in [-0.39, 0.29) is 22.0 Å². The van der Waals surface area contributed by atoms with E-state index in [9.17, 15) is 14.4 Å². The molecule has 0 aliphatic carbocycles. The highest BCUT2D eigenvalue weighted by Crippen LogP contribution is 2.33. The number of thiophene rings is 1. The Bertz CT molecular complexity index is 817. The molecule has 3 N–H and O–H groups in total. The lowest BCUT2D eigenvalue weighted by atomic mass is 10.1. The van der Waals surface area contributed by atoms with E-state index in [1.54, 1.807) is 31.2 Å². The van der Waals surface area contributed by atoms with Gasteiger partial charge in [-0.25, -0.2) is 4.79 Å². The van der Waals surface area contributed by atoms with Crippen molar-refractivity contribution >= 4 is 45.7 Å². The molecule has 0 aliphatic rings. The highest BCUT2D eigenvalue weighted by molar-refractivity contribution is 7.18. The summed E-state index contributed by atoms with van der Waals surface area (Å²) in [6, 6.07) is 6.50. The van der Waals surface area contributed by atoms with E-state index >= 15 is 0 Å². The fraction of sp³-hybridized carbons (Fsp3) is 0.188. The molecule has 0 bridgehead atoms. The van der Waals surface area contributed by atoms with Gasteiger partial charge in [0.25, 0.3) is 11.8 Å². The number of halogens is 1. The quantitative estimate of drug-likeness (QED) is 0.746. The Hall–Kier alpha value is -2.58. The minimum absolute atomic E-state index is 0.0743. The van der Waals surface area contributed by atoms with Crippen LogP contribution in [0, 0.1) is 6.92 Å². The molecule has 0 saturated carbocycles. The van der Waals surface area contributed by atoms with Crippen LogP contribution in [0.5, 0.6) is 5.75 Å². The van der Waals surface area contributed by atoms with Crippen molar-refractivity contribution < 1.29 is 23.9 Å². The van der Waals surface area contributed by atoms with Gasteiger partial charge in [0.15, 0.2) is 6.61 Å². The van der Waals surface area contributed by atoms with Crippen LogP contribution in [0.1, 0.15) is 25.6 Å². The number of benzene rings is 1. The average Bonchev–Trinajstić information content (AvgIpc) is 2.89. The lowest BCUT2D eigenvalue weighted by Gasteiger charge is -2.07. The van der Waals surface area contributed by atoms with Gasteiger partial charge in [0.2, 0.25) is 0 Å². The Morgan fingerprint density at radius 3 is 2.44 bits per heavy atom. The lowest BCUT2D eigenvalue weighted by Crippen LogP contribution is -2.22. The van der Waals surface area contributed by atoms with Crippen molar-refractivity contribution in [1.82, 2.24) is 0 Å².